The number of rotatable bonds is 5. The van der Waals surface area contributed by atoms with Crippen LogP contribution >= 0.6 is 0 Å². The molecule has 30 heavy (non-hydrogen) atoms. The third-order valence-electron chi connectivity index (χ3n) is 5.19. The maximum Gasteiger partial charge on any atom is 0.221 e. The molecule has 0 atom stereocenters. The molecule has 0 bridgehead atoms. The number of aromatic hydroxyl groups is 1. The van der Waals surface area contributed by atoms with Crippen molar-refractivity contribution >= 4 is 17.7 Å². The van der Waals surface area contributed by atoms with E-state index in [-0.39, 0.29) is 11.7 Å². The van der Waals surface area contributed by atoms with E-state index < -0.39 is 5.82 Å². The molecule has 0 saturated carbocycles. The van der Waals surface area contributed by atoms with Crippen LogP contribution in [0.4, 0.5) is 16.0 Å². The van der Waals surface area contributed by atoms with Gasteiger partial charge in [0, 0.05) is 68.4 Å². The van der Waals surface area contributed by atoms with Gasteiger partial charge < -0.3 is 15.7 Å². The first-order valence-corrected chi connectivity index (χ1v) is 9.76. The molecule has 0 radical (unpaired) electrons. The predicted octanol–water partition coefficient (Wildman–Crippen LogP) is 2.23. The van der Waals surface area contributed by atoms with E-state index in [1.807, 2.05) is 6.92 Å². The number of hydrogen-bond acceptors (Lipinski definition) is 7. The fraction of sp³-hybridized carbons (Fsp3) is 0.286. The molecule has 0 aliphatic carbocycles. The van der Waals surface area contributed by atoms with Crippen molar-refractivity contribution in [3.05, 3.63) is 59.8 Å². The Bertz CT molecular complexity index is 1040. The van der Waals surface area contributed by atoms with Crippen LogP contribution in [0.15, 0.2) is 42.7 Å². The van der Waals surface area contributed by atoms with E-state index >= 15 is 0 Å². The van der Waals surface area contributed by atoms with Gasteiger partial charge in [0.2, 0.25) is 5.95 Å². The van der Waals surface area contributed by atoms with Gasteiger partial charge in [-0.2, -0.15) is 10.1 Å². The predicted molar refractivity (Wildman–Crippen MR) is 114 cm³/mol. The molecule has 0 spiro atoms. The van der Waals surface area contributed by atoms with E-state index in [0.717, 1.165) is 55.7 Å². The Morgan fingerprint density at radius 2 is 2.00 bits per heavy atom. The van der Waals surface area contributed by atoms with E-state index in [9.17, 15) is 9.50 Å². The first kappa shape index (κ1) is 19.8. The van der Waals surface area contributed by atoms with Crippen LogP contribution in [-0.2, 0) is 0 Å². The molecule has 1 aromatic carbocycles. The van der Waals surface area contributed by atoms with Crippen LogP contribution in [0.25, 0.3) is 11.9 Å². The van der Waals surface area contributed by atoms with Crippen molar-refractivity contribution in [2.24, 2.45) is 0 Å². The molecule has 1 fully saturated rings. The summed E-state index contributed by atoms with van der Waals surface area (Å²) in [5.41, 5.74) is 8.37. The Morgan fingerprint density at radius 1 is 1.20 bits per heavy atom. The lowest BCUT2D eigenvalue weighted by atomic mass is 10.2. The van der Waals surface area contributed by atoms with E-state index in [4.69, 9.17) is 5.73 Å². The number of benzene rings is 1. The van der Waals surface area contributed by atoms with E-state index in [2.05, 4.69) is 37.0 Å². The molecule has 9 heteroatoms. The van der Waals surface area contributed by atoms with Crippen molar-refractivity contribution in [3.63, 3.8) is 0 Å². The second-order valence-corrected chi connectivity index (χ2v) is 7.23. The summed E-state index contributed by atoms with van der Waals surface area (Å²) < 4.78 is 15.3. The van der Waals surface area contributed by atoms with Crippen molar-refractivity contribution in [1.29, 1.82) is 0 Å². The van der Waals surface area contributed by atoms with Crippen molar-refractivity contribution in [2.75, 3.05) is 43.4 Å². The molecule has 3 heterocycles. The standard InChI is InChI=1S/C21H24FN7O/c1-15-16(14-25-29(15)20-4-5-24-21(23)26-20)3-2-6-27-7-9-28(10-8-27)18-11-17(22)12-19(30)13-18/h2-5,11-14,30H,6-10H2,1H3,(H2,23,24,26). The molecule has 3 aromatic rings. The smallest absolute Gasteiger partial charge is 0.221 e. The number of aromatic nitrogens is 4. The number of nitrogen functional groups attached to an aromatic ring is 1. The molecule has 156 valence electrons. The second kappa shape index (κ2) is 8.50. The van der Waals surface area contributed by atoms with Crippen molar-refractivity contribution in [1.82, 2.24) is 24.6 Å². The SMILES string of the molecule is Cc1c(C=CCN2CCN(c3cc(O)cc(F)c3)CC2)cnn1-c1ccnc(N)n1. The number of halogens is 1. The lowest BCUT2D eigenvalue weighted by Crippen LogP contribution is -2.46. The van der Waals surface area contributed by atoms with E-state index in [1.165, 1.54) is 6.07 Å². The summed E-state index contributed by atoms with van der Waals surface area (Å²) in [6.45, 7) is 6.08. The summed E-state index contributed by atoms with van der Waals surface area (Å²) in [6.07, 6.45) is 7.59. The van der Waals surface area contributed by atoms with Gasteiger partial charge in [-0.3, -0.25) is 4.90 Å². The van der Waals surface area contributed by atoms with Gasteiger partial charge in [0.05, 0.1) is 11.9 Å². The van der Waals surface area contributed by atoms with Crippen LogP contribution in [0.5, 0.6) is 5.75 Å². The number of nitrogens with zero attached hydrogens (tertiary/aromatic N) is 6. The monoisotopic (exact) mass is 409 g/mol. The summed E-state index contributed by atoms with van der Waals surface area (Å²) in [4.78, 5) is 12.5. The Balaban J connectivity index is 1.34. The number of piperazine rings is 1. The van der Waals surface area contributed by atoms with Crippen LogP contribution in [0, 0.1) is 12.7 Å². The maximum atomic E-state index is 13.5. The summed E-state index contributed by atoms with van der Waals surface area (Å²) in [6, 6.07) is 5.95. The third-order valence-corrected chi connectivity index (χ3v) is 5.19. The fourth-order valence-corrected chi connectivity index (χ4v) is 3.56. The van der Waals surface area contributed by atoms with Gasteiger partial charge >= 0.3 is 0 Å². The minimum absolute atomic E-state index is 0.0454. The first-order valence-electron chi connectivity index (χ1n) is 9.76. The topological polar surface area (TPSA) is 96.3 Å². The Hall–Kier alpha value is -3.46. The third kappa shape index (κ3) is 4.41. The van der Waals surface area contributed by atoms with Gasteiger partial charge in [0.25, 0.3) is 0 Å². The van der Waals surface area contributed by atoms with Gasteiger partial charge in [-0.05, 0) is 13.0 Å². The Labute approximate surface area is 174 Å². The molecule has 0 unspecified atom stereocenters. The quantitative estimate of drug-likeness (QED) is 0.667. The highest BCUT2D eigenvalue weighted by Crippen LogP contribution is 2.23. The largest absolute Gasteiger partial charge is 0.508 e. The molecule has 1 saturated heterocycles. The van der Waals surface area contributed by atoms with Gasteiger partial charge in [0.15, 0.2) is 5.82 Å². The van der Waals surface area contributed by atoms with Crippen molar-refractivity contribution in [2.45, 2.75) is 6.92 Å². The van der Waals surface area contributed by atoms with E-state index in [1.54, 1.807) is 29.2 Å². The lowest BCUT2D eigenvalue weighted by Gasteiger charge is -2.35. The Morgan fingerprint density at radius 3 is 2.73 bits per heavy atom. The van der Waals surface area contributed by atoms with Crippen molar-refractivity contribution < 1.29 is 9.50 Å². The zero-order chi connectivity index (χ0) is 21.1. The highest BCUT2D eigenvalue weighted by atomic mass is 19.1. The van der Waals surface area contributed by atoms with Crippen LogP contribution in [0.3, 0.4) is 0 Å². The molecular formula is C21H24FN7O. The zero-order valence-corrected chi connectivity index (χ0v) is 16.7. The number of phenols is 1. The molecule has 0 amide bonds. The number of anilines is 2. The Kier molecular flexibility index (Phi) is 5.62. The molecule has 1 aliphatic heterocycles. The van der Waals surface area contributed by atoms with Crippen molar-refractivity contribution in [3.8, 4) is 11.6 Å². The van der Waals surface area contributed by atoms with Crippen LogP contribution < -0.4 is 10.6 Å². The van der Waals surface area contributed by atoms with Gasteiger partial charge in [-0.1, -0.05) is 12.2 Å². The van der Waals surface area contributed by atoms with Crippen LogP contribution in [0.2, 0.25) is 0 Å². The average Bonchev–Trinajstić information content (AvgIpc) is 3.08. The summed E-state index contributed by atoms with van der Waals surface area (Å²) in [5, 5.41) is 14.0. The molecule has 8 nitrogen and oxygen atoms in total. The number of nitrogens with two attached hydrogens (primary N) is 1. The summed E-state index contributed by atoms with van der Waals surface area (Å²) in [5.74, 6) is 0.387. The minimum Gasteiger partial charge on any atom is -0.508 e. The molecule has 3 N–H and O–H groups in total. The normalized spacial score (nSPS) is 15.2. The average molecular weight is 409 g/mol. The van der Waals surface area contributed by atoms with Gasteiger partial charge in [-0.15, -0.1) is 0 Å². The number of hydrogen-bond donors (Lipinski definition) is 2. The molecule has 1 aliphatic rings. The zero-order valence-electron chi connectivity index (χ0n) is 16.7. The second-order valence-electron chi connectivity index (χ2n) is 7.23. The van der Waals surface area contributed by atoms with Gasteiger partial charge in [0.1, 0.15) is 11.6 Å². The van der Waals surface area contributed by atoms with Gasteiger partial charge in [-0.25, -0.2) is 14.1 Å². The maximum absolute atomic E-state index is 13.5. The molecule has 4 rings (SSSR count). The highest BCUT2D eigenvalue weighted by molar-refractivity contribution is 5.53. The van der Waals surface area contributed by atoms with Crippen LogP contribution in [0.1, 0.15) is 11.3 Å². The summed E-state index contributed by atoms with van der Waals surface area (Å²) >= 11 is 0. The number of phenolic OH excluding ortho intramolecular Hbond substituents is 1. The fourth-order valence-electron chi connectivity index (χ4n) is 3.56. The van der Waals surface area contributed by atoms with Crippen LogP contribution in [-0.4, -0.2) is 62.5 Å². The highest BCUT2D eigenvalue weighted by Gasteiger charge is 2.17. The first-order chi connectivity index (χ1) is 14.5. The van der Waals surface area contributed by atoms with E-state index in [0.29, 0.717) is 5.82 Å². The molecular weight excluding hydrogens is 385 g/mol. The molecule has 2 aromatic heterocycles. The summed E-state index contributed by atoms with van der Waals surface area (Å²) in [7, 11) is 0. The minimum atomic E-state index is -0.420. The lowest BCUT2D eigenvalue weighted by molar-refractivity contribution is 0.284.